The molecule has 0 aromatic rings. The average Bonchev–Trinajstić information content (AvgIpc) is 2.12. The number of rotatable bonds is 4. The fourth-order valence-electron chi connectivity index (χ4n) is 0.645. The first-order valence-corrected chi connectivity index (χ1v) is 6.00. The highest BCUT2D eigenvalue weighted by atomic mass is 16.1. The van der Waals surface area contributed by atoms with E-state index in [-0.39, 0.29) is 17.3 Å². The van der Waals surface area contributed by atoms with Gasteiger partial charge in [-0.2, -0.15) is 0 Å². The monoisotopic (exact) mass is 260 g/mol. The third-order valence-electron chi connectivity index (χ3n) is 1.60. The quantitative estimate of drug-likeness (QED) is 0.747. The van der Waals surface area contributed by atoms with Crippen molar-refractivity contribution in [1.82, 2.24) is 0 Å². The second kappa shape index (κ2) is 12.4. The molecule has 0 fully saturated rings. The fourth-order valence-corrected chi connectivity index (χ4v) is 0.645. The number of hydrogen-bond donors (Lipinski definition) is 2. The van der Waals surface area contributed by atoms with E-state index in [4.69, 9.17) is 11.5 Å². The van der Waals surface area contributed by atoms with Crippen molar-refractivity contribution < 1.29 is 14.4 Å². The molecule has 0 saturated carbocycles. The lowest BCUT2D eigenvalue weighted by atomic mass is 10.0. The number of unbranched alkanes of at least 4 members (excludes halogenated alkanes) is 1. The normalized spacial score (nSPS) is 9.33. The van der Waals surface area contributed by atoms with Gasteiger partial charge in [0.25, 0.3) is 0 Å². The Labute approximate surface area is 110 Å². The predicted molar refractivity (Wildman–Crippen MR) is 74.0 cm³/mol. The van der Waals surface area contributed by atoms with Crippen LogP contribution in [0.4, 0.5) is 0 Å². The van der Waals surface area contributed by atoms with Gasteiger partial charge in [-0.3, -0.25) is 4.79 Å². The Bertz CT molecular complexity index is 241. The first-order chi connectivity index (χ1) is 7.97. The van der Waals surface area contributed by atoms with Crippen LogP contribution >= 0.6 is 0 Å². The minimum atomic E-state index is -1.09. The van der Waals surface area contributed by atoms with E-state index in [2.05, 4.69) is 0 Å². The van der Waals surface area contributed by atoms with Crippen LogP contribution in [0.1, 0.15) is 60.8 Å². The zero-order valence-electron chi connectivity index (χ0n) is 12.5. The van der Waals surface area contributed by atoms with E-state index in [1.807, 2.05) is 6.92 Å². The molecule has 0 aliphatic carbocycles. The van der Waals surface area contributed by atoms with Gasteiger partial charge >= 0.3 is 0 Å². The molecule has 0 atom stereocenters. The Morgan fingerprint density at radius 3 is 1.33 bits per heavy atom. The van der Waals surface area contributed by atoms with Gasteiger partial charge in [-0.05, 0) is 41.0 Å². The zero-order valence-corrected chi connectivity index (χ0v) is 12.5. The van der Waals surface area contributed by atoms with Gasteiger partial charge in [-0.1, -0.05) is 19.8 Å². The van der Waals surface area contributed by atoms with Crippen LogP contribution in [0.15, 0.2) is 0 Å². The molecule has 0 radical (unpaired) electrons. The van der Waals surface area contributed by atoms with Gasteiger partial charge in [0, 0.05) is 0 Å². The summed E-state index contributed by atoms with van der Waals surface area (Å²) in [5.41, 5.74) is 9.86. The minimum absolute atomic E-state index is 0.138. The number of Topliss-reactive ketones (excluding diaryl/α,β-unsaturated/α-hetero) is 3. The van der Waals surface area contributed by atoms with E-state index in [0.29, 0.717) is 6.42 Å². The molecule has 18 heavy (non-hydrogen) atoms. The smallest absolute Gasteiger partial charge is 0.163 e. The largest absolute Gasteiger partial charge is 0.307 e. The molecule has 0 unspecified atom stereocenters. The third kappa shape index (κ3) is 29.4. The molecule has 4 N–H and O–H groups in total. The molecule has 0 bridgehead atoms. The maximum atomic E-state index is 10.7. The first kappa shape index (κ1) is 22.1. The Hall–Kier alpha value is -1.07. The van der Waals surface area contributed by atoms with Gasteiger partial charge in [0.2, 0.25) is 0 Å². The third-order valence-corrected chi connectivity index (χ3v) is 1.60. The van der Waals surface area contributed by atoms with Crippen molar-refractivity contribution in [2.24, 2.45) is 11.5 Å². The van der Waals surface area contributed by atoms with Gasteiger partial charge in [-0.25, -0.2) is 0 Å². The lowest BCUT2D eigenvalue weighted by molar-refractivity contribution is -0.122. The zero-order chi connectivity index (χ0) is 15.4. The van der Waals surface area contributed by atoms with Gasteiger partial charge in [0.1, 0.15) is 17.2 Å². The summed E-state index contributed by atoms with van der Waals surface area (Å²) >= 11 is 0. The maximum absolute atomic E-state index is 10.7. The summed E-state index contributed by atoms with van der Waals surface area (Å²) < 4.78 is 0. The minimum Gasteiger partial charge on any atom is -0.307 e. The van der Waals surface area contributed by atoms with Crippen molar-refractivity contribution in [2.75, 3.05) is 0 Å². The van der Waals surface area contributed by atoms with Gasteiger partial charge in [0.15, 0.2) is 5.78 Å². The highest BCUT2D eigenvalue weighted by molar-refractivity contribution is 5.84. The average molecular weight is 260 g/mol. The van der Waals surface area contributed by atoms with E-state index in [9.17, 15) is 14.4 Å². The highest BCUT2D eigenvalue weighted by Gasteiger charge is 2.23. The lowest BCUT2D eigenvalue weighted by Gasteiger charge is -2.19. The van der Waals surface area contributed by atoms with Crippen LogP contribution in [0.2, 0.25) is 0 Å². The first-order valence-electron chi connectivity index (χ1n) is 6.00. The molecule has 0 amide bonds. The summed E-state index contributed by atoms with van der Waals surface area (Å²) in [5, 5.41) is 0. The molecular weight excluding hydrogens is 232 g/mol. The van der Waals surface area contributed by atoms with E-state index in [0.717, 1.165) is 12.8 Å². The van der Waals surface area contributed by atoms with Crippen LogP contribution in [0.5, 0.6) is 0 Å². The van der Waals surface area contributed by atoms with Crippen molar-refractivity contribution in [3.05, 3.63) is 0 Å². The van der Waals surface area contributed by atoms with Crippen molar-refractivity contribution in [1.29, 1.82) is 0 Å². The van der Waals surface area contributed by atoms with E-state index >= 15 is 0 Å². The number of ketones is 3. The molecule has 0 aromatic heterocycles. The topological polar surface area (TPSA) is 103 Å². The van der Waals surface area contributed by atoms with Crippen LogP contribution in [0.25, 0.3) is 0 Å². The number of hydrogen-bond acceptors (Lipinski definition) is 5. The van der Waals surface area contributed by atoms with Crippen molar-refractivity contribution >= 4 is 17.3 Å². The highest BCUT2D eigenvalue weighted by Crippen LogP contribution is 2.05. The number of carbonyl (C=O) groups excluding carboxylic acids is 3. The molecule has 108 valence electrons. The predicted octanol–water partition coefficient (Wildman–Crippen LogP) is 1.57. The maximum Gasteiger partial charge on any atom is 0.163 e. The molecule has 0 heterocycles. The Balaban J connectivity index is -0.000000233. The van der Waals surface area contributed by atoms with Crippen LogP contribution < -0.4 is 11.5 Å². The van der Waals surface area contributed by atoms with Gasteiger partial charge < -0.3 is 21.1 Å². The van der Waals surface area contributed by atoms with Crippen molar-refractivity contribution in [3.8, 4) is 0 Å². The van der Waals surface area contributed by atoms with E-state index in [1.165, 1.54) is 34.6 Å². The van der Waals surface area contributed by atoms with Crippen molar-refractivity contribution in [2.45, 2.75) is 66.5 Å². The molecule has 5 nitrogen and oxygen atoms in total. The standard InChI is InChI=1S/C7H16N2O.2C3H6O/c1-3-4-5-7(8,9)6(2)10;2*1-3(2)4/h3-5,8-9H2,1-2H3;2*1-2H3. The van der Waals surface area contributed by atoms with Gasteiger partial charge in [-0.15, -0.1) is 0 Å². The molecule has 0 saturated heterocycles. The Morgan fingerprint density at radius 1 is 0.889 bits per heavy atom. The fraction of sp³-hybridized carbons (Fsp3) is 0.769. The number of nitrogens with two attached hydrogens (primary N) is 2. The summed E-state index contributed by atoms with van der Waals surface area (Å²) in [7, 11) is 0. The van der Waals surface area contributed by atoms with E-state index in [1.54, 1.807) is 0 Å². The summed E-state index contributed by atoms with van der Waals surface area (Å²) in [6.07, 6.45) is 2.51. The van der Waals surface area contributed by atoms with Crippen LogP contribution in [0.3, 0.4) is 0 Å². The number of carbonyl (C=O) groups is 3. The van der Waals surface area contributed by atoms with Crippen LogP contribution in [-0.4, -0.2) is 23.0 Å². The second-order valence-corrected chi connectivity index (χ2v) is 4.52. The molecule has 0 rings (SSSR count). The Morgan fingerprint density at radius 2 is 1.17 bits per heavy atom. The SMILES string of the molecule is CC(C)=O.CC(C)=O.CCCCC(N)(N)C(C)=O. The molecule has 0 spiro atoms. The van der Waals surface area contributed by atoms with Crippen molar-refractivity contribution in [3.63, 3.8) is 0 Å². The second-order valence-electron chi connectivity index (χ2n) is 4.52. The molecule has 0 aliphatic rings. The Kier molecular flexibility index (Phi) is 15.2. The van der Waals surface area contributed by atoms with Crippen LogP contribution in [-0.2, 0) is 14.4 Å². The van der Waals surface area contributed by atoms with E-state index < -0.39 is 5.66 Å². The summed E-state index contributed by atoms with van der Waals surface area (Å²) in [6, 6.07) is 0. The van der Waals surface area contributed by atoms with Gasteiger partial charge in [0.05, 0.1) is 0 Å². The molecule has 5 heteroatoms. The summed E-state index contributed by atoms with van der Waals surface area (Å²) in [4.78, 5) is 29.6. The molecule has 0 aliphatic heterocycles. The summed E-state index contributed by atoms with van der Waals surface area (Å²) in [6.45, 7) is 9.58. The van der Waals surface area contributed by atoms with Crippen LogP contribution in [0, 0.1) is 0 Å². The summed E-state index contributed by atoms with van der Waals surface area (Å²) in [5.74, 6) is 0.195. The molecule has 0 aromatic carbocycles. The lowest BCUT2D eigenvalue weighted by Crippen LogP contribution is -2.55. The molecular formula is C13H28N2O3.